The molecule has 0 aliphatic carbocycles. The molecular weight excluding hydrogens is 314 g/mol. The molecule has 1 aromatic heterocycles. The summed E-state index contributed by atoms with van der Waals surface area (Å²) < 4.78 is 5.91. The van der Waals surface area contributed by atoms with Crippen molar-refractivity contribution in [1.29, 1.82) is 0 Å². The van der Waals surface area contributed by atoms with Crippen LogP contribution >= 0.6 is 0 Å². The van der Waals surface area contributed by atoms with E-state index in [-0.39, 0.29) is 11.9 Å². The molecule has 3 aromatic rings. The van der Waals surface area contributed by atoms with Crippen LogP contribution in [-0.2, 0) is 11.2 Å². The lowest BCUT2D eigenvalue weighted by Gasteiger charge is -2.27. The van der Waals surface area contributed by atoms with Gasteiger partial charge in [-0.1, -0.05) is 30.3 Å². The van der Waals surface area contributed by atoms with Crippen molar-refractivity contribution in [3.8, 4) is 0 Å². The lowest BCUT2D eigenvalue weighted by atomic mass is 10.1. The summed E-state index contributed by atoms with van der Waals surface area (Å²) >= 11 is 0. The molecule has 1 saturated heterocycles. The fraction of sp³-hybridized carbons (Fsp3) is 0.300. The van der Waals surface area contributed by atoms with Crippen molar-refractivity contribution in [2.24, 2.45) is 0 Å². The van der Waals surface area contributed by atoms with Gasteiger partial charge in [-0.15, -0.1) is 0 Å². The van der Waals surface area contributed by atoms with Gasteiger partial charge in [-0.05, 0) is 43.0 Å². The Balaban J connectivity index is 1.46. The van der Waals surface area contributed by atoms with Gasteiger partial charge in [-0.2, -0.15) is 4.98 Å². The Hall–Kier alpha value is -2.82. The molecule has 5 heteroatoms. The van der Waals surface area contributed by atoms with Gasteiger partial charge in [-0.25, -0.2) is 0 Å². The van der Waals surface area contributed by atoms with E-state index < -0.39 is 0 Å². The molecule has 2 aromatic carbocycles. The van der Waals surface area contributed by atoms with Crippen molar-refractivity contribution in [1.82, 2.24) is 4.98 Å². The molecule has 2 aliphatic rings. The highest BCUT2D eigenvalue weighted by Crippen LogP contribution is 2.33. The predicted octanol–water partition coefficient (Wildman–Crippen LogP) is 3.39. The number of hydrogen-bond acceptors (Lipinski definition) is 4. The van der Waals surface area contributed by atoms with Crippen LogP contribution in [0, 0.1) is 0 Å². The van der Waals surface area contributed by atoms with E-state index in [0.29, 0.717) is 6.01 Å². The number of amides is 1. The van der Waals surface area contributed by atoms with Crippen LogP contribution in [0.5, 0.6) is 0 Å². The van der Waals surface area contributed by atoms with Crippen LogP contribution < -0.4 is 9.80 Å². The lowest BCUT2D eigenvalue weighted by Crippen LogP contribution is -2.45. The summed E-state index contributed by atoms with van der Waals surface area (Å²) in [7, 11) is 0. The maximum absolute atomic E-state index is 13.2. The minimum atomic E-state index is -0.195. The van der Waals surface area contributed by atoms with Crippen LogP contribution in [-0.4, -0.2) is 30.0 Å². The molecule has 0 radical (unpaired) electrons. The predicted molar refractivity (Wildman–Crippen MR) is 96.9 cm³/mol. The summed E-state index contributed by atoms with van der Waals surface area (Å²) in [6.45, 7) is 1.56. The maximum atomic E-state index is 13.2. The fourth-order valence-corrected chi connectivity index (χ4v) is 3.98. The van der Waals surface area contributed by atoms with Crippen molar-refractivity contribution in [2.75, 3.05) is 22.9 Å². The first-order chi connectivity index (χ1) is 12.3. The van der Waals surface area contributed by atoms with Gasteiger partial charge in [-0.3, -0.25) is 4.79 Å². The summed E-state index contributed by atoms with van der Waals surface area (Å²) in [5.74, 6) is 0.157. The van der Waals surface area contributed by atoms with Gasteiger partial charge in [0.15, 0.2) is 5.58 Å². The van der Waals surface area contributed by atoms with Gasteiger partial charge in [0.05, 0.1) is 0 Å². The van der Waals surface area contributed by atoms with Gasteiger partial charge in [0.1, 0.15) is 11.6 Å². The molecule has 0 N–H and O–H groups in total. The average Bonchev–Trinajstić information content (AvgIpc) is 3.37. The Kier molecular flexibility index (Phi) is 3.26. The van der Waals surface area contributed by atoms with Gasteiger partial charge in [0.25, 0.3) is 6.01 Å². The zero-order valence-corrected chi connectivity index (χ0v) is 13.9. The van der Waals surface area contributed by atoms with Crippen LogP contribution in [0.4, 0.5) is 11.7 Å². The number of rotatable bonds is 2. The topological polar surface area (TPSA) is 49.6 Å². The summed E-state index contributed by atoms with van der Waals surface area (Å²) in [5.41, 5.74) is 3.91. The summed E-state index contributed by atoms with van der Waals surface area (Å²) in [5, 5.41) is 0. The van der Waals surface area contributed by atoms with E-state index in [1.807, 2.05) is 52.3 Å². The van der Waals surface area contributed by atoms with E-state index in [9.17, 15) is 4.79 Å². The standard InChI is InChI=1S/C20H19N3O2/c24-19(22-13-11-14-6-1-3-8-16(14)22)17-9-5-12-23(17)20-21-15-7-2-4-10-18(15)25-20/h1-4,6-8,10,17H,5,9,11-13H2/t17-/m1/s1. The molecule has 126 valence electrons. The van der Waals surface area contributed by atoms with Crippen LogP contribution in [0.15, 0.2) is 52.9 Å². The number of fused-ring (bicyclic) bond motifs is 2. The number of benzene rings is 2. The largest absolute Gasteiger partial charge is 0.423 e. The van der Waals surface area contributed by atoms with E-state index in [2.05, 4.69) is 11.1 Å². The van der Waals surface area contributed by atoms with Crippen molar-refractivity contribution >= 4 is 28.7 Å². The van der Waals surface area contributed by atoms with Crippen molar-refractivity contribution in [3.05, 3.63) is 54.1 Å². The van der Waals surface area contributed by atoms with Gasteiger partial charge in [0.2, 0.25) is 5.91 Å². The Labute approximate surface area is 145 Å². The Morgan fingerprint density at radius 3 is 2.84 bits per heavy atom. The first-order valence-corrected chi connectivity index (χ1v) is 8.83. The summed E-state index contributed by atoms with van der Waals surface area (Å²) in [6, 6.07) is 16.3. The lowest BCUT2D eigenvalue weighted by molar-refractivity contribution is -0.119. The number of nitrogens with zero attached hydrogens (tertiary/aromatic N) is 3. The number of para-hydroxylation sites is 3. The number of aromatic nitrogens is 1. The molecule has 0 unspecified atom stereocenters. The minimum absolute atomic E-state index is 0.157. The van der Waals surface area contributed by atoms with Crippen molar-refractivity contribution in [2.45, 2.75) is 25.3 Å². The number of anilines is 2. The van der Waals surface area contributed by atoms with Crippen molar-refractivity contribution < 1.29 is 9.21 Å². The maximum Gasteiger partial charge on any atom is 0.299 e. The molecule has 25 heavy (non-hydrogen) atoms. The third-order valence-electron chi connectivity index (χ3n) is 5.22. The highest BCUT2D eigenvalue weighted by atomic mass is 16.4. The number of carbonyl (C=O) groups is 1. The van der Waals surface area contributed by atoms with E-state index in [1.54, 1.807) is 0 Å². The monoisotopic (exact) mass is 333 g/mol. The molecule has 1 fully saturated rings. The molecule has 1 amide bonds. The number of carbonyl (C=O) groups excluding carboxylic acids is 1. The van der Waals surface area contributed by atoms with Gasteiger partial charge >= 0.3 is 0 Å². The average molecular weight is 333 g/mol. The zero-order chi connectivity index (χ0) is 16.8. The van der Waals surface area contributed by atoms with Gasteiger partial charge < -0.3 is 14.2 Å². The quantitative estimate of drug-likeness (QED) is 0.721. The zero-order valence-electron chi connectivity index (χ0n) is 13.9. The second-order valence-corrected chi connectivity index (χ2v) is 6.68. The smallest absolute Gasteiger partial charge is 0.299 e. The van der Waals surface area contributed by atoms with Crippen LogP contribution in [0.2, 0.25) is 0 Å². The van der Waals surface area contributed by atoms with Crippen molar-refractivity contribution in [3.63, 3.8) is 0 Å². The molecule has 2 aliphatic heterocycles. The third kappa shape index (κ3) is 2.30. The Morgan fingerprint density at radius 2 is 1.92 bits per heavy atom. The molecular formula is C20H19N3O2. The Morgan fingerprint density at radius 1 is 1.08 bits per heavy atom. The first-order valence-electron chi connectivity index (χ1n) is 8.83. The third-order valence-corrected chi connectivity index (χ3v) is 5.22. The molecule has 1 atom stereocenters. The fourth-order valence-electron chi connectivity index (χ4n) is 3.98. The van der Waals surface area contributed by atoms with E-state index >= 15 is 0 Å². The van der Waals surface area contributed by atoms with Gasteiger partial charge in [0, 0.05) is 18.8 Å². The SMILES string of the molecule is O=C([C@H]1CCCN1c1nc2ccccc2o1)N1CCc2ccccc21. The number of oxazole rings is 1. The normalized spacial score (nSPS) is 19.6. The molecule has 0 spiro atoms. The van der Waals surface area contributed by atoms with E-state index in [4.69, 9.17) is 4.42 Å². The second kappa shape index (κ2) is 5.62. The van der Waals surface area contributed by atoms with Crippen LogP contribution in [0.1, 0.15) is 18.4 Å². The van der Waals surface area contributed by atoms with Crippen LogP contribution in [0.25, 0.3) is 11.1 Å². The second-order valence-electron chi connectivity index (χ2n) is 6.68. The molecule has 5 rings (SSSR count). The van der Waals surface area contributed by atoms with E-state index in [0.717, 1.165) is 49.1 Å². The van der Waals surface area contributed by atoms with Crippen LogP contribution in [0.3, 0.4) is 0 Å². The molecule has 5 nitrogen and oxygen atoms in total. The molecule has 0 bridgehead atoms. The highest BCUT2D eigenvalue weighted by molar-refractivity contribution is 6.00. The first kappa shape index (κ1) is 14.5. The highest BCUT2D eigenvalue weighted by Gasteiger charge is 2.38. The summed E-state index contributed by atoms with van der Waals surface area (Å²) in [4.78, 5) is 21.8. The molecule has 3 heterocycles. The minimum Gasteiger partial charge on any atom is -0.423 e. The summed E-state index contributed by atoms with van der Waals surface area (Å²) in [6.07, 6.45) is 2.75. The number of hydrogen-bond donors (Lipinski definition) is 0. The molecule has 0 saturated carbocycles. The Bertz CT molecular complexity index is 916. The van der Waals surface area contributed by atoms with E-state index in [1.165, 1.54) is 5.56 Å².